The second-order valence-corrected chi connectivity index (χ2v) is 9.51. The van der Waals surface area contributed by atoms with E-state index < -0.39 is 35.3 Å². The number of H-pyrrole nitrogens is 1. The molecule has 5 atom stereocenters. The molecule has 0 radical (unpaired) electrons. The van der Waals surface area contributed by atoms with Gasteiger partial charge in [0.2, 0.25) is 0 Å². The Kier molecular flexibility index (Phi) is 6.65. The van der Waals surface area contributed by atoms with Crippen LogP contribution >= 0.6 is 11.6 Å². The van der Waals surface area contributed by atoms with E-state index in [1.165, 1.54) is 23.4 Å². The first-order chi connectivity index (χ1) is 16.9. The van der Waals surface area contributed by atoms with E-state index >= 15 is 0 Å². The summed E-state index contributed by atoms with van der Waals surface area (Å²) >= 11 is 6.09. The Morgan fingerprint density at radius 1 is 1.03 bits per heavy atom. The Bertz CT molecular complexity index is 1320. The first kappa shape index (κ1) is 24.0. The molecule has 0 amide bonds. The van der Waals surface area contributed by atoms with Crippen molar-refractivity contribution in [3.8, 4) is 0 Å². The van der Waals surface area contributed by atoms with Crippen LogP contribution in [-0.2, 0) is 28.7 Å². The van der Waals surface area contributed by atoms with Crippen molar-refractivity contribution >= 4 is 11.6 Å². The summed E-state index contributed by atoms with van der Waals surface area (Å²) < 4.78 is 13.0. The Morgan fingerprint density at radius 2 is 1.83 bits per heavy atom. The van der Waals surface area contributed by atoms with Crippen LogP contribution in [0, 0.1) is 0 Å². The highest BCUT2D eigenvalue weighted by atomic mass is 35.5. The minimum absolute atomic E-state index is 0.372. The van der Waals surface area contributed by atoms with Gasteiger partial charge >= 0.3 is 5.69 Å². The molecular formula is C26H27ClN2O6. The monoisotopic (exact) mass is 498 g/mol. The Hall–Kier alpha value is -2.75. The molecule has 0 aliphatic carbocycles. The van der Waals surface area contributed by atoms with E-state index in [9.17, 15) is 19.8 Å². The van der Waals surface area contributed by atoms with Gasteiger partial charge < -0.3 is 19.7 Å². The quantitative estimate of drug-likeness (QED) is 0.409. The Labute approximate surface area is 206 Å². The fourth-order valence-corrected chi connectivity index (χ4v) is 5.34. The van der Waals surface area contributed by atoms with Crippen molar-refractivity contribution in [2.24, 2.45) is 0 Å². The maximum atomic E-state index is 12.2. The largest absolute Gasteiger partial charge is 0.394 e. The molecule has 1 unspecified atom stereocenters. The van der Waals surface area contributed by atoms with Crippen LogP contribution in [0.3, 0.4) is 0 Å². The van der Waals surface area contributed by atoms with Crippen molar-refractivity contribution in [3.63, 3.8) is 0 Å². The standard InChI is InChI=1S/C26H27ClN2O6/c27-19-10-4-6-16(13-19)5-3-9-17-7-1-2-8-18(17)14-20-26(35-20)21(15-30)34-24(23(26)32)29-12-11-22(31)28-25(29)33/h1-2,4,6-8,10-13,20-21,23-24,30,32H,3,5,9,14-15H2,(H,28,31,33)/t20?,21-,23+,24-,26-/m1/s1. The van der Waals surface area contributed by atoms with E-state index in [-0.39, 0.29) is 12.7 Å². The summed E-state index contributed by atoms with van der Waals surface area (Å²) in [6.07, 6.45) is 1.10. The number of hydrogen-bond acceptors (Lipinski definition) is 6. The number of ether oxygens (including phenoxy) is 2. The third kappa shape index (κ3) is 4.60. The number of nitrogens with one attached hydrogen (secondary N) is 1. The second-order valence-electron chi connectivity index (χ2n) is 9.08. The van der Waals surface area contributed by atoms with Crippen molar-refractivity contribution in [3.05, 3.63) is 103 Å². The zero-order valence-electron chi connectivity index (χ0n) is 19.0. The molecule has 1 spiro atoms. The average Bonchev–Trinajstić information content (AvgIpc) is 3.48. The van der Waals surface area contributed by atoms with Gasteiger partial charge in [-0.25, -0.2) is 4.79 Å². The summed E-state index contributed by atoms with van der Waals surface area (Å²) in [6.45, 7) is -0.372. The highest BCUT2D eigenvalue weighted by molar-refractivity contribution is 6.30. The van der Waals surface area contributed by atoms with Gasteiger partial charge in [-0.1, -0.05) is 48.0 Å². The van der Waals surface area contributed by atoms with Crippen molar-refractivity contribution < 1.29 is 19.7 Å². The smallest absolute Gasteiger partial charge is 0.330 e. The molecule has 184 valence electrons. The third-order valence-electron chi connectivity index (χ3n) is 6.95. The minimum Gasteiger partial charge on any atom is -0.394 e. The summed E-state index contributed by atoms with van der Waals surface area (Å²) in [5, 5.41) is 21.8. The lowest BCUT2D eigenvalue weighted by Gasteiger charge is -2.17. The number of aryl methyl sites for hydroxylation is 2. The molecule has 3 heterocycles. The molecule has 2 aliphatic heterocycles. The molecule has 1 aromatic heterocycles. The van der Waals surface area contributed by atoms with Crippen LogP contribution in [0.15, 0.2) is 70.4 Å². The van der Waals surface area contributed by atoms with Gasteiger partial charge in [0.15, 0.2) is 11.8 Å². The van der Waals surface area contributed by atoms with Crippen LogP contribution < -0.4 is 11.2 Å². The number of aromatic amines is 1. The molecule has 3 aromatic rings. The van der Waals surface area contributed by atoms with Crippen molar-refractivity contribution in [2.75, 3.05) is 6.61 Å². The molecule has 9 heteroatoms. The first-order valence-corrected chi connectivity index (χ1v) is 12.0. The van der Waals surface area contributed by atoms with Gasteiger partial charge in [0.05, 0.1) is 12.7 Å². The van der Waals surface area contributed by atoms with Crippen LogP contribution in [0.5, 0.6) is 0 Å². The van der Waals surface area contributed by atoms with E-state index in [0.717, 1.165) is 34.4 Å². The van der Waals surface area contributed by atoms with E-state index in [1.807, 2.05) is 36.4 Å². The van der Waals surface area contributed by atoms with Crippen LogP contribution in [0.25, 0.3) is 0 Å². The van der Waals surface area contributed by atoms with Gasteiger partial charge in [-0.3, -0.25) is 14.3 Å². The molecule has 5 rings (SSSR count). The van der Waals surface area contributed by atoms with Gasteiger partial charge in [0, 0.05) is 23.7 Å². The molecule has 8 nitrogen and oxygen atoms in total. The summed E-state index contributed by atoms with van der Waals surface area (Å²) in [5.74, 6) is 0. The number of aliphatic hydroxyl groups is 2. The number of epoxide rings is 1. The maximum Gasteiger partial charge on any atom is 0.330 e. The number of aromatic nitrogens is 2. The van der Waals surface area contributed by atoms with Crippen LogP contribution in [0.1, 0.15) is 29.3 Å². The molecule has 0 bridgehead atoms. The molecule has 2 saturated heterocycles. The van der Waals surface area contributed by atoms with Gasteiger partial charge in [0.1, 0.15) is 12.2 Å². The van der Waals surface area contributed by atoms with Crippen molar-refractivity contribution in [1.82, 2.24) is 9.55 Å². The highest BCUT2D eigenvalue weighted by Crippen LogP contribution is 2.53. The molecular weight excluding hydrogens is 472 g/mol. The van der Waals surface area contributed by atoms with E-state index in [0.29, 0.717) is 6.42 Å². The molecule has 2 aliphatic rings. The van der Waals surface area contributed by atoms with Crippen LogP contribution in [0.2, 0.25) is 5.02 Å². The van der Waals surface area contributed by atoms with E-state index in [4.69, 9.17) is 21.1 Å². The fourth-order valence-electron chi connectivity index (χ4n) is 5.13. The lowest BCUT2D eigenvalue weighted by atomic mass is 9.89. The molecule has 3 N–H and O–H groups in total. The highest BCUT2D eigenvalue weighted by Gasteiger charge is 2.72. The van der Waals surface area contributed by atoms with Crippen molar-refractivity contribution in [1.29, 1.82) is 0 Å². The first-order valence-electron chi connectivity index (χ1n) is 11.7. The number of aliphatic hydroxyl groups excluding tert-OH is 2. The van der Waals surface area contributed by atoms with Gasteiger partial charge in [0.25, 0.3) is 5.56 Å². The Balaban J connectivity index is 1.29. The SMILES string of the molecule is O=c1ccn([C@@H]2O[C@H](CO)[C@@]3(OC3Cc3ccccc3CCCc3cccc(Cl)c3)[C@H]2O)c(=O)[nH]1. The molecule has 35 heavy (non-hydrogen) atoms. The van der Waals surface area contributed by atoms with Gasteiger partial charge in [-0.15, -0.1) is 0 Å². The number of halogens is 1. The average molecular weight is 499 g/mol. The number of benzene rings is 2. The van der Waals surface area contributed by atoms with Crippen molar-refractivity contribution in [2.45, 2.75) is 55.8 Å². The summed E-state index contributed by atoms with van der Waals surface area (Å²) in [4.78, 5) is 25.8. The zero-order chi connectivity index (χ0) is 24.6. The van der Waals surface area contributed by atoms with Gasteiger partial charge in [-0.2, -0.15) is 0 Å². The predicted molar refractivity (Wildman–Crippen MR) is 130 cm³/mol. The number of hydrogen-bond donors (Lipinski definition) is 3. The molecule has 2 fully saturated rings. The Morgan fingerprint density at radius 3 is 2.57 bits per heavy atom. The van der Waals surface area contributed by atoms with E-state index in [2.05, 4.69) is 17.1 Å². The molecule has 2 aromatic carbocycles. The minimum atomic E-state index is -1.19. The second kappa shape index (κ2) is 9.72. The maximum absolute atomic E-state index is 12.2. The topological polar surface area (TPSA) is 117 Å². The van der Waals surface area contributed by atoms with Gasteiger partial charge in [-0.05, 0) is 48.1 Å². The van der Waals surface area contributed by atoms with Crippen LogP contribution in [0.4, 0.5) is 0 Å². The summed E-state index contributed by atoms with van der Waals surface area (Å²) in [6, 6.07) is 17.2. The molecule has 0 saturated carbocycles. The van der Waals surface area contributed by atoms with Crippen LogP contribution in [-0.4, -0.2) is 50.3 Å². The normalized spacial score (nSPS) is 27.4. The lowest BCUT2D eigenvalue weighted by molar-refractivity contribution is -0.0538. The number of rotatable bonds is 8. The van der Waals surface area contributed by atoms with E-state index in [1.54, 1.807) is 0 Å². The lowest BCUT2D eigenvalue weighted by Crippen LogP contribution is -2.41. The summed E-state index contributed by atoms with van der Waals surface area (Å²) in [7, 11) is 0. The third-order valence-corrected chi connectivity index (χ3v) is 7.18. The number of nitrogens with zero attached hydrogens (tertiary/aromatic N) is 1. The summed E-state index contributed by atoms with van der Waals surface area (Å²) in [5.41, 5.74) is 1.14. The predicted octanol–water partition coefficient (Wildman–Crippen LogP) is 2.00. The fraction of sp³-hybridized carbons (Fsp3) is 0.385. The zero-order valence-corrected chi connectivity index (χ0v) is 19.7.